The first-order valence-electron chi connectivity index (χ1n) is 8.33. The highest BCUT2D eigenvalue weighted by Gasteiger charge is 2.35. The van der Waals surface area contributed by atoms with Crippen LogP contribution in [0.4, 0.5) is 17.1 Å². The number of halogens is 2. The van der Waals surface area contributed by atoms with E-state index < -0.39 is 5.92 Å². The monoisotopic (exact) mass is 391 g/mol. The van der Waals surface area contributed by atoms with Gasteiger partial charge in [0, 0.05) is 24.3 Å². The molecule has 7 heteroatoms. The van der Waals surface area contributed by atoms with Crippen molar-refractivity contribution in [1.29, 1.82) is 0 Å². The van der Waals surface area contributed by atoms with Crippen LogP contribution >= 0.6 is 23.2 Å². The van der Waals surface area contributed by atoms with Gasteiger partial charge in [-0.2, -0.15) is 0 Å². The lowest BCUT2D eigenvalue weighted by Crippen LogP contribution is -2.28. The van der Waals surface area contributed by atoms with Gasteiger partial charge in [0.15, 0.2) is 0 Å². The van der Waals surface area contributed by atoms with Gasteiger partial charge in [-0.1, -0.05) is 42.3 Å². The van der Waals surface area contributed by atoms with E-state index in [0.29, 0.717) is 12.2 Å². The molecule has 1 aliphatic heterocycles. The highest BCUT2D eigenvalue weighted by atomic mass is 35.5. The zero-order chi connectivity index (χ0) is 18.8. The zero-order valence-corrected chi connectivity index (χ0v) is 15.8. The van der Waals surface area contributed by atoms with E-state index in [1.807, 2.05) is 24.3 Å². The molecule has 3 N–H and O–H groups in total. The number of nitrogen functional groups attached to an aromatic ring is 1. The minimum Gasteiger partial charge on any atom is -0.396 e. The van der Waals surface area contributed by atoms with Crippen LogP contribution in [0.2, 0.25) is 10.0 Å². The standard InChI is InChI=1S/C19H19Cl2N3O2/c1-2-11-3-5-14(6-4-11)24-10-12(7-17(24)25)19(26)23-13-8-15(20)18(22)16(21)9-13/h3-6,8-9,12H,2,7,10,22H2,1H3,(H,23,26)/t12-/m0/s1. The number of nitrogens with one attached hydrogen (secondary N) is 1. The van der Waals surface area contributed by atoms with Crippen LogP contribution in [-0.4, -0.2) is 18.4 Å². The van der Waals surface area contributed by atoms with Crippen LogP contribution in [-0.2, 0) is 16.0 Å². The average molecular weight is 392 g/mol. The van der Waals surface area contributed by atoms with E-state index in [1.54, 1.807) is 17.0 Å². The first kappa shape index (κ1) is 18.5. The Kier molecular flexibility index (Phi) is 5.39. The first-order chi connectivity index (χ1) is 12.4. The average Bonchev–Trinajstić information content (AvgIpc) is 3.01. The number of anilines is 3. The molecule has 0 unspecified atom stereocenters. The van der Waals surface area contributed by atoms with Gasteiger partial charge >= 0.3 is 0 Å². The molecule has 0 spiro atoms. The van der Waals surface area contributed by atoms with E-state index in [2.05, 4.69) is 12.2 Å². The van der Waals surface area contributed by atoms with Gasteiger partial charge in [-0.05, 0) is 36.2 Å². The predicted octanol–water partition coefficient (Wildman–Crippen LogP) is 4.13. The smallest absolute Gasteiger partial charge is 0.229 e. The number of amides is 2. The molecule has 0 aliphatic carbocycles. The summed E-state index contributed by atoms with van der Waals surface area (Å²) in [6.45, 7) is 2.42. The molecule has 0 radical (unpaired) electrons. The Morgan fingerprint density at radius 1 is 1.23 bits per heavy atom. The Morgan fingerprint density at radius 3 is 2.42 bits per heavy atom. The molecule has 5 nitrogen and oxygen atoms in total. The van der Waals surface area contributed by atoms with E-state index >= 15 is 0 Å². The van der Waals surface area contributed by atoms with Crippen LogP contribution in [0.1, 0.15) is 18.9 Å². The van der Waals surface area contributed by atoms with Crippen LogP contribution in [0.5, 0.6) is 0 Å². The third-order valence-electron chi connectivity index (χ3n) is 4.50. The summed E-state index contributed by atoms with van der Waals surface area (Å²) in [5.41, 5.74) is 8.43. The molecule has 2 amide bonds. The van der Waals surface area contributed by atoms with Crippen LogP contribution in [0.3, 0.4) is 0 Å². The minimum absolute atomic E-state index is 0.0669. The summed E-state index contributed by atoms with van der Waals surface area (Å²) >= 11 is 12.0. The molecule has 1 heterocycles. The molecule has 3 rings (SSSR count). The third kappa shape index (κ3) is 3.79. The van der Waals surface area contributed by atoms with Crippen molar-refractivity contribution in [2.24, 2.45) is 5.92 Å². The number of carbonyl (C=O) groups excluding carboxylic acids is 2. The molecule has 1 fully saturated rings. The van der Waals surface area contributed by atoms with E-state index in [1.165, 1.54) is 5.56 Å². The maximum atomic E-state index is 12.5. The molecule has 0 saturated carbocycles. The molecule has 0 aromatic heterocycles. The SMILES string of the molecule is CCc1ccc(N2C[C@@H](C(=O)Nc3cc(Cl)c(N)c(Cl)c3)CC2=O)cc1. The number of carbonyl (C=O) groups is 2. The fourth-order valence-electron chi connectivity index (χ4n) is 2.95. The third-order valence-corrected chi connectivity index (χ3v) is 5.12. The fraction of sp³-hybridized carbons (Fsp3) is 0.263. The maximum Gasteiger partial charge on any atom is 0.229 e. The molecule has 0 bridgehead atoms. The van der Waals surface area contributed by atoms with Crippen LogP contribution in [0.25, 0.3) is 0 Å². The van der Waals surface area contributed by atoms with Crippen molar-refractivity contribution in [3.05, 3.63) is 52.0 Å². The Balaban J connectivity index is 1.70. The first-order valence-corrected chi connectivity index (χ1v) is 9.09. The van der Waals surface area contributed by atoms with Gasteiger partial charge in [-0.25, -0.2) is 0 Å². The number of nitrogens with two attached hydrogens (primary N) is 1. The Bertz CT molecular complexity index is 829. The van der Waals surface area contributed by atoms with E-state index in [-0.39, 0.29) is 34.0 Å². The number of hydrogen-bond donors (Lipinski definition) is 2. The molecular weight excluding hydrogens is 373 g/mol. The molecule has 2 aromatic rings. The summed E-state index contributed by atoms with van der Waals surface area (Å²) in [5, 5.41) is 3.30. The van der Waals surface area contributed by atoms with Crippen LogP contribution in [0, 0.1) is 5.92 Å². The number of benzene rings is 2. The molecular formula is C19H19Cl2N3O2. The summed E-state index contributed by atoms with van der Waals surface area (Å²) in [7, 11) is 0. The molecule has 2 aromatic carbocycles. The second-order valence-electron chi connectivity index (χ2n) is 6.27. The van der Waals surface area contributed by atoms with Gasteiger partial charge in [-0.3, -0.25) is 9.59 Å². The predicted molar refractivity (Wildman–Crippen MR) is 106 cm³/mol. The van der Waals surface area contributed by atoms with Gasteiger partial charge in [-0.15, -0.1) is 0 Å². The largest absolute Gasteiger partial charge is 0.396 e. The van der Waals surface area contributed by atoms with Crippen LogP contribution < -0.4 is 16.0 Å². The van der Waals surface area contributed by atoms with E-state index in [9.17, 15) is 9.59 Å². The van der Waals surface area contributed by atoms with Crippen molar-refractivity contribution >= 4 is 52.1 Å². The van der Waals surface area contributed by atoms with Crippen molar-refractivity contribution in [3.8, 4) is 0 Å². The van der Waals surface area contributed by atoms with Crippen molar-refractivity contribution in [3.63, 3.8) is 0 Å². The van der Waals surface area contributed by atoms with Crippen molar-refractivity contribution in [1.82, 2.24) is 0 Å². The normalized spacial score (nSPS) is 16.8. The Hall–Kier alpha value is -2.24. The summed E-state index contributed by atoms with van der Waals surface area (Å²) in [6.07, 6.45) is 1.10. The summed E-state index contributed by atoms with van der Waals surface area (Å²) in [5.74, 6) is -0.755. The maximum absolute atomic E-state index is 12.5. The van der Waals surface area contributed by atoms with Gasteiger partial charge in [0.05, 0.1) is 21.7 Å². The Morgan fingerprint density at radius 2 is 1.85 bits per heavy atom. The van der Waals surface area contributed by atoms with Crippen molar-refractivity contribution in [2.45, 2.75) is 19.8 Å². The molecule has 1 atom stereocenters. The van der Waals surface area contributed by atoms with Gasteiger partial charge in [0.25, 0.3) is 0 Å². The summed E-state index contributed by atoms with van der Waals surface area (Å²) in [4.78, 5) is 26.5. The lowest BCUT2D eigenvalue weighted by molar-refractivity contribution is -0.122. The second-order valence-corrected chi connectivity index (χ2v) is 7.08. The lowest BCUT2D eigenvalue weighted by atomic mass is 10.1. The van der Waals surface area contributed by atoms with E-state index in [0.717, 1.165) is 12.1 Å². The quantitative estimate of drug-likeness (QED) is 0.769. The number of nitrogens with zero attached hydrogens (tertiary/aromatic N) is 1. The number of aryl methyl sites for hydroxylation is 1. The summed E-state index contributed by atoms with van der Waals surface area (Å²) in [6, 6.07) is 10.9. The highest BCUT2D eigenvalue weighted by molar-refractivity contribution is 6.39. The molecule has 1 saturated heterocycles. The molecule has 1 aliphatic rings. The molecule has 26 heavy (non-hydrogen) atoms. The van der Waals surface area contributed by atoms with E-state index in [4.69, 9.17) is 28.9 Å². The topological polar surface area (TPSA) is 75.4 Å². The van der Waals surface area contributed by atoms with Gasteiger partial charge in [0.2, 0.25) is 11.8 Å². The lowest BCUT2D eigenvalue weighted by Gasteiger charge is -2.17. The van der Waals surface area contributed by atoms with Crippen molar-refractivity contribution in [2.75, 3.05) is 22.5 Å². The highest BCUT2D eigenvalue weighted by Crippen LogP contribution is 2.32. The van der Waals surface area contributed by atoms with Crippen LogP contribution in [0.15, 0.2) is 36.4 Å². The van der Waals surface area contributed by atoms with Gasteiger partial charge in [0.1, 0.15) is 0 Å². The molecule has 136 valence electrons. The van der Waals surface area contributed by atoms with Gasteiger partial charge < -0.3 is 16.0 Å². The zero-order valence-electron chi connectivity index (χ0n) is 14.3. The Labute approximate surface area is 162 Å². The van der Waals surface area contributed by atoms with Crippen molar-refractivity contribution < 1.29 is 9.59 Å². The number of rotatable bonds is 4. The second kappa shape index (κ2) is 7.56. The minimum atomic E-state index is -0.441. The fourth-order valence-corrected chi connectivity index (χ4v) is 3.43. The number of hydrogen-bond acceptors (Lipinski definition) is 3. The summed E-state index contributed by atoms with van der Waals surface area (Å²) < 4.78 is 0.